The lowest BCUT2D eigenvalue weighted by molar-refractivity contribution is 0.0949. The Morgan fingerprint density at radius 3 is 2.52 bits per heavy atom. The van der Waals surface area contributed by atoms with E-state index in [1.165, 1.54) is 25.7 Å². The molecule has 132 valence electrons. The number of carbonyl (C=O) groups is 1. The molecule has 1 aromatic carbocycles. The predicted octanol–water partition coefficient (Wildman–Crippen LogP) is 4.09. The summed E-state index contributed by atoms with van der Waals surface area (Å²) >= 11 is 5.88. The molecule has 1 saturated heterocycles. The number of rotatable bonds is 5. The van der Waals surface area contributed by atoms with Crippen molar-refractivity contribution in [3.8, 4) is 0 Å². The van der Waals surface area contributed by atoms with Crippen molar-refractivity contribution in [2.45, 2.75) is 32.1 Å². The normalized spacial score (nSPS) is 14.8. The summed E-state index contributed by atoms with van der Waals surface area (Å²) in [6, 6.07) is 11.6. The van der Waals surface area contributed by atoms with Crippen LogP contribution in [-0.4, -0.2) is 30.5 Å². The van der Waals surface area contributed by atoms with Crippen LogP contribution in [0.1, 0.15) is 41.7 Å². The number of nitrogens with one attached hydrogen (secondary N) is 1. The number of anilines is 1. The Bertz CT molecular complexity index is 694. The molecule has 2 heterocycles. The van der Waals surface area contributed by atoms with Gasteiger partial charge in [-0.05, 0) is 49.1 Å². The third-order valence-corrected chi connectivity index (χ3v) is 4.81. The van der Waals surface area contributed by atoms with Crippen LogP contribution in [0.4, 0.5) is 5.69 Å². The average molecular weight is 358 g/mol. The van der Waals surface area contributed by atoms with Crippen LogP contribution in [0, 0.1) is 0 Å². The summed E-state index contributed by atoms with van der Waals surface area (Å²) in [7, 11) is 0. The molecule has 5 heteroatoms. The summed E-state index contributed by atoms with van der Waals surface area (Å²) in [6.45, 7) is 2.69. The molecule has 0 bridgehead atoms. The van der Waals surface area contributed by atoms with Crippen molar-refractivity contribution in [3.05, 3.63) is 58.9 Å². The van der Waals surface area contributed by atoms with Crippen LogP contribution < -0.4 is 10.2 Å². The van der Waals surface area contributed by atoms with E-state index in [4.69, 9.17) is 11.6 Å². The summed E-state index contributed by atoms with van der Waals surface area (Å²) in [6.07, 6.45) is 7.51. The van der Waals surface area contributed by atoms with E-state index in [0.29, 0.717) is 12.2 Å². The molecule has 1 amide bonds. The van der Waals surface area contributed by atoms with Crippen molar-refractivity contribution in [1.82, 2.24) is 10.3 Å². The van der Waals surface area contributed by atoms with Crippen molar-refractivity contribution >= 4 is 23.2 Å². The van der Waals surface area contributed by atoms with Gasteiger partial charge < -0.3 is 10.2 Å². The second-order valence-electron chi connectivity index (χ2n) is 6.43. The van der Waals surface area contributed by atoms with E-state index in [0.717, 1.165) is 35.8 Å². The lowest BCUT2D eigenvalue weighted by atomic mass is 10.1. The fraction of sp³-hybridized carbons (Fsp3) is 0.400. The summed E-state index contributed by atoms with van der Waals surface area (Å²) < 4.78 is 0. The number of benzene rings is 1. The van der Waals surface area contributed by atoms with Crippen molar-refractivity contribution in [2.75, 3.05) is 24.5 Å². The second kappa shape index (κ2) is 8.86. The molecule has 1 aliphatic heterocycles. The van der Waals surface area contributed by atoms with Gasteiger partial charge in [0.2, 0.25) is 0 Å². The van der Waals surface area contributed by atoms with Gasteiger partial charge in [-0.3, -0.25) is 9.78 Å². The molecule has 0 aliphatic carbocycles. The second-order valence-corrected chi connectivity index (χ2v) is 6.87. The molecule has 3 rings (SSSR count). The van der Waals surface area contributed by atoms with Gasteiger partial charge in [0.25, 0.3) is 5.91 Å². The molecule has 0 saturated carbocycles. The van der Waals surface area contributed by atoms with Gasteiger partial charge in [-0.1, -0.05) is 36.6 Å². The van der Waals surface area contributed by atoms with Crippen molar-refractivity contribution in [1.29, 1.82) is 0 Å². The van der Waals surface area contributed by atoms with E-state index >= 15 is 0 Å². The Morgan fingerprint density at radius 1 is 1.08 bits per heavy atom. The predicted molar refractivity (Wildman–Crippen MR) is 102 cm³/mol. The van der Waals surface area contributed by atoms with Crippen molar-refractivity contribution in [3.63, 3.8) is 0 Å². The maximum atomic E-state index is 12.4. The van der Waals surface area contributed by atoms with Gasteiger partial charge in [-0.25, -0.2) is 0 Å². The molecule has 0 unspecified atom stereocenters. The largest absolute Gasteiger partial charge is 0.371 e. The van der Waals surface area contributed by atoms with Crippen molar-refractivity contribution in [2.24, 2.45) is 0 Å². The van der Waals surface area contributed by atoms with Crippen LogP contribution in [0.3, 0.4) is 0 Å². The number of hydrogen-bond acceptors (Lipinski definition) is 3. The first-order valence-electron chi connectivity index (χ1n) is 8.96. The minimum Gasteiger partial charge on any atom is -0.371 e. The van der Waals surface area contributed by atoms with Crippen LogP contribution in [-0.2, 0) is 6.42 Å². The first kappa shape index (κ1) is 17.7. The summed E-state index contributed by atoms with van der Waals surface area (Å²) in [5, 5.41) is 3.68. The smallest absolute Gasteiger partial charge is 0.269 e. The van der Waals surface area contributed by atoms with E-state index in [9.17, 15) is 4.79 Å². The average Bonchev–Trinajstić information content (AvgIpc) is 2.93. The molecule has 25 heavy (non-hydrogen) atoms. The van der Waals surface area contributed by atoms with E-state index < -0.39 is 0 Å². The number of halogens is 1. The van der Waals surface area contributed by atoms with Crippen LogP contribution in [0.2, 0.25) is 5.02 Å². The Morgan fingerprint density at radius 2 is 1.80 bits per heavy atom. The molecule has 2 aromatic rings. The van der Waals surface area contributed by atoms with Crippen LogP contribution >= 0.6 is 11.6 Å². The van der Waals surface area contributed by atoms with Gasteiger partial charge in [0.1, 0.15) is 5.69 Å². The Hall–Kier alpha value is -2.07. The first-order valence-corrected chi connectivity index (χ1v) is 9.34. The lowest BCUT2D eigenvalue weighted by Crippen LogP contribution is -2.28. The molecule has 4 nitrogen and oxygen atoms in total. The summed E-state index contributed by atoms with van der Waals surface area (Å²) in [5.74, 6) is -0.120. The van der Waals surface area contributed by atoms with Gasteiger partial charge in [0.15, 0.2) is 0 Å². The maximum absolute atomic E-state index is 12.4. The highest BCUT2D eigenvalue weighted by molar-refractivity contribution is 6.30. The zero-order chi connectivity index (χ0) is 17.5. The quantitative estimate of drug-likeness (QED) is 0.876. The van der Waals surface area contributed by atoms with Gasteiger partial charge in [-0.15, -0.1) is 0 Å². The van der Waals surface area contributed by atoms with Crippen LogP contribution in [0.15, 0.2) is 42.6 Å². The molecule has 1 fully saturated rings. The van der Waals surface area contributed by atoms with E-state index in [1.807, 2.05) is 36.4 Å². The molecule has 1 N–H and O–H groups in total. The topological polar surface area (TPSA) is 45.2 Å². The standard InChI is InChI=1S/C20H24ClN3O/c21-17-7-5-16(6-8-17)9-11-23-20(25)19-15-18(10-12-22-19)24-13-3-1-2-4-14-24/h5-8,10,12,15H,1-4,9,11,13-14H2,(H,23,25). The number of amides is 1. The first-order chi connectivity index (χ1) is 12.2. The molecule has 1 aliphatic rings. The zero-order valence-corrected chi connectivity index (χ0v) is 15.1. The van der Waals surface area contributed by atoms with Crippen LogP contribution in [0.25, 0.3) is 0 Å². The summed E-state index contributed by atoms with van der Waals surface area (Å²) in [4.78, 5) is 19.0. The van der Waals surface area contributed by atoms with Gasteiger partial charge in [-0.2, -0.15) is 0 Å². The molecule has 0 radical (unpaired) electrons. The highest BCUT2D eigenvalue weighted by atomic mass is 35.5. The molecule has 0 atom stereocenters. The molecular weight excluding hydrogens is 334 g/mol. The lowest BCUT2D eigenvalue weighted by Gasteiger charge is -2.22. The van der Waals surface area contributed by atoms with Gasteiger partial charge >= 0.3 is 0 Å². The van der Waals surface area contributed by atoms with Gasteiger partial charge in [0, 0.05) is 36.5 Å². The van der Waals surface area contributed by atoms with Gasteiger partial charge in [0.05, 0.1) is 0 Å². The number of carbonyl (C=O) groups excluding carboxylic acids is 1. The maximum Gasteiger partial charge on any atom is 0.269 e. The van der Waals surface area contributed by atoms with Crippen LogP contribution in [0.5, 0.6) is 0 Å². The highest BCUT2D eigenvalue weighted by Crippen LogP contribution is 2.19. The monoisotopic (exact) mass is 357 g/mol. The van der Waals surface area contributed by atoms with Crippen molar-refractivity contribution < 1.29 is 4.79 Å². The molecule has 0 spiro atoms. The number of aromatic nitrogens is 1. The minimum atomic E-state index is -0.120. The number of hydrogen-bond donors (Lipinski definition) is 1. The SMILES string of the molecule is O=C(NCCc1ccc(Cl)cc1)c1cc(N2CCCCCC2)ccn1. The third-order valence-electron chi connectivity index (χ3n) is 4.56. The molecule has 1 aromatic heterocycles. The fourth-order valence-electron chi connectivity index (χ4n) is 3.13. The third kappa shape index (κ3) is 5.20. The number of nitrogens with zero attached hydrogens (tertiary/aromatic N) is 2. The minimum absolute atomic E-state index is 0.120. The fourth-order valence-corrected chi connectivity index (χ4v) is 3.26. The van der Waals surface area contributed by atoms with E-state index in [-0.39, 0.29) is 5.91 Å². The van der Waals surface area contributed by atoms with E-state index in [2.05, 4.69) is 15.2 Å². The molecular formula is C20H24ClN3O. The highest BCUT2D eigenvalue weighted by Gasteiger charge is 2.13. The Kier molecular flexibility index (Phi) is 6.29. The van der Waals surface area contributed by atoms with E-state index in [1.54, 1.807) is 6.20 Å². The Labute approximate surface area is 154 Å². The number of pyridine rings is 1. The zero-order valence-electron chi connectivity index (χ0n) is 14.4. The summed E-state index contributed by atoms with van der Waals surface area (Å²) in [5.41, 5.74) is 2.73. The Balaban J connectivity index is 1.56.